The molecule has 1 aromatic rings. The summed E-state index contributed by atoms with van der Waals surface area (Å²) in [6.45, 7) is 7.31. The Labute approximate surface area is 118 Å². The van der Waals surface area contributed by atoms with E-state index in [9.17, 15) is 4.79 Å². The van der Waals surface area contributed by atoms with Crippen LogP contribution in [0.4, 0.5) is 0 Å². The second-order valence-electron chi connectivity index (χ2n) is 4.76. The van der Waals surface area contributed by atoms with Crippen LogP contribution in [0.15, 0.2) is 11.4 Å². The lowest BCUT2D eigenvalue weighted by Crippen LogP contribution is -2.41. The topological polar surface area (TPSA) is 41.6 Å². The maximum atomic E-state index is 12.0. The molecule has 1 aliphatic rings. The molecule has 2 rings (SSSR count). The maximum absolute atomic E-state index is 12.0. The fourth-order valence-electron chi connectivity index (χ4n) is 2.13. The Morgan fingerprint density at radius 2 is 2.26 bits per heavy atom. The Kier molecular flexibility index (Phi) is 5.82. The maximum Gasteiger partial charge on any atom is 0.252 e. The zero-order valence-corrected chi connectivity index (χ0v) is 12.3. The Balaban J connectivity index is 1.70. The van der Waals surface area contributed by atoms with E-state index in [0.29, 0.717) is 6.54 Å². The molecule has 106 valence electrons. The highest BCUT2D eigenvalue weighted by Gasteiger charge is 2.11. The lowest BCUT2D eigenvalue weighted by molar-refractivity contribution is 0.0383. The summed E-state index contributed by atoms with van der Waals surface area (Å²) in [7, 11) is 0. The third-order valence-corrected chi connectivity index (χ3v) is 4.23. The van der Waals surface area contributed by atoms with Crippen LogP contribution < -0.4 is 5.32 Å². The van der Waals surface area contributed by atoms with E-state index in [4.69, 9.17) is 4.74 Å². The first-order valence-electron chi connectivity index (χ1n) is 6.95. The van der Waals surface area contributed by atoms with Gasteiger partial charge in [-0.25, -0.2) is 0 Å². The van der Waals surface area contributed by atoms with E-state index in [-0.39, 0.29) is 5.91 Å². The van der Waals surface area contributed by atoms with Gasteiger partial charge in [0.05, 0.1) is 18.8 Å². The molecule has 0 saturated carbocycles. The van der Waals surface area contributed by atoms with Crippen molar-refractivity contribution in [3.05, 3.63) is 21.9 Å². The van der Waals surface area contributed by atoms with E-state index in [1.165, 1.54) is 4.88 Å². The number of ether oxygens (including phenoxy) is 1. The standard InChI is InChI=1S/C14H22N2O2S/c1-2-3-13-10-12(11-19-13)14(17)15-4-5-16-6-8-18-9-7-16/h10-11H,2-9H2,1H3,(H,15,17). The number of nitrogens with zero attached hydrogens (tertiary/aromatic N) is 1. The van der Waals surface area contributed by atoms with Crippen molar-refractivity contribution in [2.75, 3.05) is 39.4 Å². The number of nitrogens with one attached hydrogen (secondary N) is 1. The van der Waals surface area contributed by atoms with Crippen molar-refractivity contribution >= 4 is 17.2 Å². The van der Waals surface area contributed by atoms with Gasteiger partial charge >= 0.3 is 0 Å². The van der Waals surface area contributed by atoms with Crippen LogP contribution in [0.1, 0.15) is 28.6 Å². The molecule has 19 heavy (non-hydrogen) atoms. The van der Waals surface area contributed by atoms with Crippen molar-refractivity contribution in [1.29, 1.82) is 0 Å². The molecule has 1 N–H and O–H groups in total. The van der Waals surface area contributed by atoms with E-state index in [1.54, 1.807) is 11.3 Å². The third kappa shape index (κ3) is 4.60. The Morgan fingerprint density at radius 3 is 3.00 bits per heavy atom. The Hall–Kier alpha value is -0.910. The van der Waals surface area contributed by atoms with Crippen molar-refractivity contribution in [3.63, 3.8) is 0 Å². The molecular weight excluding hydrogens is 260 g/mol. The smallest absolute Gasteiger partial charge is 0.252 e. The summed E-state index contributed by atoms with van der Waals surface area (Å²) in [5.74, 6) is 0.0480. The first-order valence-corrected chi connectivity index (χ1v) is 7.83. The number of morpholine rings is 1. The van der Waals surface area contributed by atoms with Crippen LogP contribution in [0.25, 0.3) is 0 Å². The zero-order valence-electron chi connectivity index (χ0n) is 11.5. The highest BCUT2D eigenvalue weighted by Crippen LogP contribution is 2.16. The molecule has 0 bridgehead atoms. The van der Waals surface area contributed by atoms with Gasteiger partial charge in [-0.1, -0.05) is 13.3 Å². The number of carbonyl (C=O) groups excluding carboxylic acids is 1. The number of thiophene rings is 1. The molecule has 0 unspecified atom stereocenters. The van der Waals surface area contributed by atoms with Crippen molar-refractivity contribution in [2.24, 2.45) is 0 Å². The molecule has 5 heteroatoms. The lowest BCUT2D eigenvalue weighted by Gasteiger charge is -2.26. The van der Waals surface area contributed by atoms with Gasteiger partial charge in [0.2, 0.25) is 0 Å². The molecule has 0 radical (unpaired) electrons. The Morgan fingerprint density at radius 1 is 1.47 bits per heavy atom. The van der Waals surface area contributed by atoms with Crippen molar-refractivity contribution < 1.29 is 9.53 Å². The minimum Gasteiger partial charge on any atom is -0.379 e. The largest absolute Gasteiger partial charge is 0.379 e. The molecular formula is C14H22N2O2S. The number of hydrogen-bond donors (Lipinski definition) is 1. The average molecular weight is 282 g/mol. The summed E-state index contributed by atoms with van der Waals surface area (Å²) in [6, 6.07) is 2.01. The third-order valence-electron chi connectivity index (χ3n) is 3.23. The van der Waals surface area contributed by atoms with Crippen LogP contribution in [-0.4, -0.2) is 50.2 Å². The van der Waals surface area contributed by atoms with Crippen LogP contribution >= 0.6 is 11.3 Å². The van der Waals surface area contributed by atoms with Crippen molar-refractivity contribution in [1.82, 2.24) is 10.2 Å². The first kappa shape index (κ1) is 14.5. The normalized spacial score (nSPS) is 16.5. The van der Waals surface area contributed by atoms with E-state index >= 15 is 0 Å². The molecule has 1 fully saturated rings. The molecule has 2 heterocycles. The van der Waals surface area contributed by atoms with Gasteiger partial charge in [-0.3, -0.25) is 9.69 Å². The van der Waals surface area contributed by atoms with Crippen LogP contribution in [0, 0.1) is 0 Å². The van der Waals surface area contributed by atoms with E-state index in [2.05, 4.69) is 17.1 Å². The second-order valence-corrected chi connectivity index (χ2v) is 5.76. The highest BCUT2D eigenvalue weighted by molar-refractivity contribution is 7.10. The molecule has 0 aliphatic carbocycles. The van der Waals surface area contributed by atoms with Crippen LogP contribution in [0.5, 0.6) is 0 Å². The van der Waals surface area contributed by atoms with Crippen LogP contribution in [-0.2, 0) is 11.2 Å². The van der Waals surface area contributed by atoms with E-state index in [0.717, 1.165) is 51.3 Å². The fraction of sp³-hybridized carbons (Fsp3) is 0.643. The second kappa shape index (κ2) is 7.62. The molecule has 1 aliphatic heterocycles. The molecule has 0 aromatic carbocycles. The van der Waals surface area contributed by atoms with E-state index < -0.39 is 0 Å². The first-order chi connectivity index (χ1) is 9.29. The number of aryl methyl sites for hydroxylation is 1. The fourth-order valence-corrected chi connectivity index (χ4v) is 3.10. The minimum atomic E-state index is 0.0480. The van der Waals surface area contributed by atoms with E-state index in [1.807, 2.05) is 11.4 Å². The summed E-state index contributed by atoms with van der Waals surface area (Å²) in [4.78, 5) is 15.6. The van der Waals surface area contributed by atoms with Gasteiger partial charge < -0.3 is 10.1 Å². The van der Waals surface area contributed by atoms with Gasteiger partial charge in [-0.15, -0.1) is 11.3 Å². The van der Waals surface area contributed by atoms with Gasteiger partial charge in [0.1, 0.15) is 0 Å². The quantitative estimate of drug-likeness (QED) is 0.864. The monoisotopic (exact) mass is 282 g/mol. The summed E-state index contributed by atoms with van der Waals surface area (Å²) in [6.07, 6.45) is 2.18. The molecule has 1 aromatic heterocycles. The number of carbonyl (C=O) groups is 1. The van der Waals surface area contributed by atoms with Gasteiger partial charge in [0, 0.05) is 36.4 Å². The zero-order chi connectivity index (χ0) is 13.5. The molecule has 4 nitrogen and oxygen atoms in total. The summed E-state index contributed by atoms with van der Waals surface area (Å²) in [5, 5.41) is 4.94. The number of hydrogen-bond acceptors (Lipinski definition) is 4. The molecule has 1 saturated heterocycles. The molecule has 1 amide bonds. The number of amides is 1. The average Bonchev–Trinajstić information content (AvgIpc) is 2.89. The highest BCUT2D eigenvalue weighted by atomic mass is 32.1. The predicted molar refractivity (Wildman–Crippen MR) is 77.9 cm³/mol. The minimum absolute atomic E-state index is 0.0480. The predicted octanol–water partition coefficient (Wildman–Crippen LogP) is 1.76. The van der Waals surface area contributed by atoms with Crippen molar-refractivity contribution in [2.45, 2.75) is 19.8 Å². The van der Waals surface area contributed by atoms with Crippen molar-refractivity contribution in [3.8, 4) is 0 Å². The van der Waals surface area contributed by atoms with Gasteiger partial charge in [0.15, 0.2) is 0 Å². The van der Waals surface area contributed by atoms with Gasteiger partial charge in [-0.05, 0) is 12.5 Å². The summed E-state index contributed by atoms with van der Waals surface area (Å²) in [5.41, 5.74) is 0.801. The molecule has 0 atom stereocenters. The van der Waals surface area contributed by atoms with Crippen LogP contribution in [0.3, 0.4) is 0 Å². The summed E-state index contributed by atoms with van der Waals surface area (Å²) >= 11 is 1.68. The van der Waals surface area contributed by atoms with Crippen LogP contribution in [0.2, 0.25) is 0 Å². The lowest BCUT2D eigenvalue weighted by atomic mass is 10.2. The van der Waals surface area contributed by atoms with Gasteiger partial charge in [0.25, 0.3) is 5.91 Å². The molecule has 0 spiro atoms. The number of rotatable bonds is 6. The summed E-state index contributed by atoms with van der Waals surface area (Å²) < 4.78 is 5.29. The van der Waals surface area contributed by atoms with Gasteiger partial charge in [-0.2, -0.15) is 0 Å². The Bertz CT molecular complexity index is 400. The SMILES string of the molecule is CCCc1cc(C(=O)NCCN2CCOCC2)cs1.